The highest BCUT2D eigenvalue weighted by Gasteiger charge is 2.41. The van der Waals surface area contributed by atoms with E-state index < -0.39 is 17.0 Å². The first-order chi connectivity index (χ1) is 8.65. The second-order valence-corrected chi connectivity index (χ2v) is 6.17. The average Bonchev–Trinajstić information content (AvgIpc) is 2.23. The lowest BCUT2D eigenvalue weighted by Gasteiger charge is -2.29. The fourth-order valence-corrected chi connectivity index (χ4v) is 2.07. The van der Waals surface area contributed by atoms with Gasteiger partial charge in [-0.1, -0.05) is 6.08 Å². The summed E-state index contributed by atoms with van der Waals surface area (Å²) in [5, 5.41) is 0. The number of Topliss-reactive ketones (excluding diaryl/α,β-unsaturated/α-hetero) is 2. The molecule has 1 fully saturated rings. The third-order valence-corrected chi connectivity index (χ3v) is 3.23. The number of carbonyl (C=O) groups excluding carboxylic acids is 3. The number of hydrogen-bond donors (Lipinski definition) is 0. The van der Waals surface area contributed by atoms with E-state index in [0.717, 1.165) is 0 Å². The normalized spacial score (nSPS) is 19.8. The monoisotopic (exact) mass is 266 g/mol. The maximum absolute atomic E-state index is 11.9. The van der Waals surface area contributed by atoms with Crippen molar-refractivity contribution >= 4 is 17.5 Å². The number of hydrogen-bond acceptors (Lipinski definition) is 4. The van der Waals surface area contributed by atoms with E-state index in [0.29, 0.717) is 19.3 Å². The van der Waals surface area contributed by atoms with Gasteiger partial charge in [-0.25, -0.2) is 4.79 Å². The summed E-state index contributed by atoms with van der Waals surface area (Å²) >= 11 is 0. The minimum atomic E-state index is -0.962. The molecule has 4 heteroatoms. The molecule has 1 rings (SSSR count). The standard InChI is InChI=1S/C15H22O4/c1-14(2,3)19-13(18)9-6-10-15(4)11(16)7-5-8-12(15)17/h6,9H,5,7-8,10H2,1-4H3/b9-6-. The van der Waals surface area contributed by atoms with E-state index in [9.17, 15) is 14.4 Å². The van der Waals surface area contributed by atoms with Gasteiger partial charge in [0, 0.05) is 18.9 Å². The Morgan fingerprint density at radius 1 is 1.26 bits per heavy atom. The molecule has 0 heterocycles. The molecule has 0 aromatic rings. The van der Waals surface area contributed by atoms with E-state index in [1.807, 2.05) is 0 Å². The van der Waals surface area contributed by atoms with Crippen LogP contribution in [0, 0.1) is 5.41 Å². The molecular weight excluding hydrogens is 244 g/mol. The summed E-state index contributed by atoms with van der Waals surface area (Å²) in [6.45, 7) is 7.02. The molecule has 0 aromatic heterocycles. The number of carbonyl (C=O) groups is 3. The molecule has 19 heavy (non-hydrogen) atoms. The molecule has 0 aliphatic heterocycles. The van der Waals surface area contributed by atoms with Crippen LogP contribution in [0.1, 0.15) is 53.4 Å². The van der Waals surface area contributed by atoms with Gasteiger partial charge in [-0.3, -0.25) is 9.59 Å². The quantitative estimate of drug-likeness (QED) is 0.447. The molecule has 1 aliphatic rings. The zero-order valence-electron chi connectivity index (χ0n) is 12.1. The topological polar surface area (TPSA) is 60.4 Å². The molecule has 0 atom stereocenters. The van der Waals surface area contributed by atoms with Crippen LogP contribution in [0.15, 0.2) is 12.2 Å². The highest BCUT2D eigenvalue weighted by Crippen LogP contribution is 2.33. The van der Waals surface area contributed by atoms with Gasteiger partial charge in [0.15, 0.2) is 0 Å². The molecule has 106 valence electrons. The van der Waals surface area contributed by atoms with Crippen LogP contribution in [-0.2, 0) is 19.1 Å². The van der Waals surface area contributed by atoms with Crippen LogP contribution >= 0.6 is 0 Å². The average molecular weight is 266 g/mol. The summed E-state index contributed by atoms with van der Waals surface area (Å²) in [5.41, 5.74) is -1.50. The van der Waals surface area contributed by atoms with Gasteiger partial charge in [0.1, 0.15) is 17.2 Å². The van der Waals surface area contributed by atoms with Crippen LogP contribution in [0.5, 0.6) is 0 Å². The Bertz CT molecular complexity index is 396. The van der Waals surface area contributed by atoms with Crippen molar-refractivity contribution in [3.8, 4) is 0 Å². The van der Waals surface area contributed by atoms with Crippen molar-refractivity contribution in [1.29, 1.82) is 0 Å². The van der Waals surface area contributed by atoms with Crippen molar-refractivity contribution < 1.29 is 19.1 Å². The number of rotatable bonds is 3. The molecule has 0 N–H and O–H groups in total. The molecule has 0 bridgehead atoms. The Balaban J connectivity index is 2.62. The van der Waals surface area contributed by atoms with Gasteiger partial charge in [-0.05, 0) is 40.5 Å². The fraction of sp³-hybridized carbons (Fsp3) is 0.667. The molecule has 4 nitrogen and oxygen atoms in total. The highest BCUT2D eigenvalue weighted by atomic mass is 16.6. The summed E-state index contributed by atoms with van der Waals surface area (Å²) in [4.78, 5) is 35.2. The van der Waals surface area contributed by atoms with E-state index in [4.69, 9.17) is 4.74 Å². The minimum Gasteiger partial charge on any atom is -0.457 e. The molecule has 0 spiro atoms. The van der Waals surface area contributed by atoms with Crippen LogP contribution < -0.4 is 0 Å². The van der Waals surface area contributed by atoms with Crippen molar-refractivity contribution in [3.63, 3.8) is 0 Å². The Morgan fingerprint density at radius 2 is 1.79 bits per heavy atom. The Kier molecular flexibility index (Phi) is 4.66. The summed E-state index contributed by atoms with van der Waals surface area (Å²) in [6, 6.07) is 0. The number of ether oxygens (including phenoxy) is 1. The smallest absolute Gasteiger partial charge is 0.330 e. The predicted octanol–water partition coefficient (Wildman–Crippen LogP) is 2.60. The second-order valence-electron chi connectivity index (χ2n) is 6.17. The first-order valence-electron chi connectivity index (χ1n) is 6.61. The number of esters is 1. The van der Waals surface area contributed by atoms with Crippen molar-refractivity contribution in [3.05, 3.63) is 12.2 Å². The first kappa shape index (κ1) is 15.6. The molecule has 0 aromatic carbocycles. The van der Waals surface area contributed by atoms with Gasteiger partial charge in [0.2, 0.25) is 0 Å². The molecule has 1 saturated carbocycles. The van der Waals surface area contributed by atoms with E-state index >= 15 is 0 Å². The molecule has 1 aliphatic carbocycles. The summed E-state index contributed by atoms with van der Waals surface area (Å²) in [6.07, 6.45) is 4.67. The summed E-state index contributed by atoms with van der Waals surface area (Å²) < 4.78 is 5.12. The van der Waals surface area contributed by atoms with Crippen molar-refractivity contribution in [2.24, 2.45) is 5.41 Å². The molecule has 0 unspecified atom stereocenters. The fourth-order valence-electron chi connectivity index (χ4n) is 2.07. The van der Waals surface area contributed by atoms with Crippen LogP contribution in [0.2, 0.25) is 0 Å². The SMILES string of the molecule is CC(C)(C)OC(=O)/C=C\CC1(C)C(=O)CCCC1=O. The van der Waals surface area contributed by atoms with Crippen molar-refractivity contribution in [1.82, 2.24) is 0 Å². The minimum absolute atomic E-state index is 0.0300. The number of allylic oxidation sites excluding steroid dienone is 1. The van der Waals surface area contributed by atoms with Gasteiger partial charge in [-0.2, -0.15) is 0 Å². The molecule has 0 saturated heterocycles. The van der Waals surface area contributed by atoms with Crippen LogP contribution in [0.4, 0.5) is 0 Å². The third-order valence-electron chi connectivity index (χ3n) is 3.23. The highest BCUT2D eigenvalue weighted by molar-refractivity contribution is 6.08. The number of ketones is 2. The van der Waals surface area contributed by atoms with Gasteiger partial charge in [0.25, 0.3) is 0 Å². The maximum Gasteiger partial charge on any atom is 0.330 e. The summed E-state index contributed by atoms with van der Waals surface area (Å²) in [7, 11) is 0. The van der Waals surface area contributed by atoms with Gasteiger partial charge in [0.05, 0.1) is 5.41 Å². The Morgan fingerprint density at radius 3 is 2.26 bits per heavy atom. The van der Waals surface area contributed by atoms with Gasteiger partial charge in [-0.15, -0.1) is 0 Å². The van der Waals surface area contributed by atoms with E-state index in [-0.39, 0.29) is 18.0 Å². The molecule has 0 radical (unpaired) electrons. The zero-order chi connectivity index (χ0) is 14.7. The van der Waals surface area contributed by atoms with E-state index in [1.165, 1.54) is 6.08 Å². The first-order valence-corrected chi connectivity index (χ1v) is 6.61. The molecular formula is C15H22O4. The van der Waals surface area contributed by atoms with Crippen molar-refractivity contribution in [2.45, 2.75) is 59.0 Å². The Labute approximate surface area is 114 Å². The predicted molar refractivity (Wildman–Crippen MR) is 71.6 cm³/mol. The Hall–Kier alpha value is -1.45. The lowest BCUT2D eigenvalue weighted by molar-refractivity contribution is -0.149. The third kappa shape index (κ3) is 4.30. The van der Waals surface area contributed by atoms with Crippen LogP contribution in [-0.4, -0.2) is 23.1 Å². The van der Waals surface area contributed by atoms with E-state index in [1.54, 1.807) is 33.8 Å². The van der Waals surface area contributed by atoms with Crippen LogP contribution in [0.3, 0.4) is 0 Å². The zero-order valence-corrected chi connectivity index (χ0v) is 12.1. The largest absolute Gasteiger partial charge is 0.457 e. The van der Waals surface area contributed by atoms with Crippen LogP contribution in [0.25, 0.3) is 0 Å². The van der Waals surface area contributed by atoms with Gasteiger partial charge >= 0.3 is 5.97 Å². The second kappa shape index (κ2) is 5.68. The molecule has 0 amide bonds. The van der Waals surface area contributed by atoms with Gasteiger partial charge < -0.3 is 4.74 Å². The summed E-state index contributed by atoms with van der Waals surface area (Å²) in [5.74, 6) is -0.512. The lowest BCUT2D eigenvalue weighted by atomic mass is 9.71. The lowest BCUT2D eigenvalue weighted by Crippen LogP contribution is -2.39. The van der Waals surface area contributed by atoms with E-state index in [2.05, 4.69) is 0 Å². The maximum atomic E-state index is 11.9. The van der Waals surface area contributed by atoms with Crippen molar-refractivity contribution in [2.75, 3.05) is 0 Å².